The van der Waals surface area contributed by atoms with E-state index in [0.29, 0.717) is 0 Å². The summed E-state index contributed by atoms with van der Waals surface area (Å²) in [6.07, 6.45) is -0.592. The highest BCUT2D eigenvalue weighted by molar-refractivity contribution is 5.56. The van der Waals surface area contributed by atoms with Gasteiger partial charge in [0.1, 0.15) is 6.29 Å². The SMILES string of the molecule is CNCCCCCC=O.O=CC(F)(F)F. The fraction of sp³-hybridized carbons (Fsp3) is 0.778. The van der Waals surface area contributed by atoms with Gasteiger partial charge in [0.05, 0.1) is 0 Å². The first-order valence-electron chi connectivity index (χ1n) is 4.59. The van der Waals surface area contributed by atoms with Crippen LogP contribution in [0.2, 0.25) is 0 Å². The van der Waals surface area contributed by atoms with Crippen LogP contribution >= 0.6 is 0 Å². The van der Waals surface area contributed by atoms with Crippen LogP contribution in [-0.4, -0.2) is 32.3 Å². The van der Waals surface area contributed by atoms with Crippen LogP contribution in [0.15, 0.2) is 0 Å². The van der Waals surface area contributed by atoms with Crippen molar-refractivity contribution in [1.29, 1.82) is 0 Å². The molecule has 15 heavy (non-hydrogen) atoms. The lowest BCUT2D eigenvalue weighted by Crippen LogP contribution is -2.07. The molecule has 0 fully saturated rings. The number of carbonyl (C=O) groups excluding carboxylic acids is 2. The Hall–Kier alpha value is -0.910. The lowest BCUT2D eigenvalue weighted by Gasteiger charge is -1.95. The van der Waals surface area contributed by atoms with Gasteiger partial charge in [-0.25, -0.2) is 0 Å². The Morgan fingerprint density at radius 1 is 1.13 bits per heavy atom. The molecule has 0 saturated heterocycles. The van der Waals surface area contributed by atoms with Crippen molar-refractivity contribution in [2.24, 2.45) is 0 Å². The lowest BCUT2D eigenvalue weighted by atomic mass is 10.2. The third-order valence-corrected chi connectivity index (χ3v) is 1.38. The number of nitrogens with one attached hydrogen (secondary N) is 1. The highest BCUT2D eigenvalue weighted by Crippen LogP contribution is 2.08. The molecule has 0 aliphatic carbocycles. The van der Waals surface area contributed by atoms with E-state index in [1.807, 2.05) is 7.05 Å². The molecule has 1 N–H and O–H groups in total. The van der Waals surface area contributed by atoms with E-state index in [2.05, 4.69) is 5.32 Å². The summed E-state index contributed by atoms with van der Waals surface area (Å²) < 4.78 is 31.2. The Balaban J connectivity index is 0. The summed E-state index contributed by atoms with van der Waals surface area (Å²) in [6.45, 7) is 1.07. The molecule has 0 amide bonds. The van der Waals surface area contributed by atoms with Gasteiger partial charge in [0.25, 0.3) is 0 Å². The number of halogens is 3. The van der Waals surface area contributed by atoms with Crippen molar-refractivity contribution in [3.63, 3.8) is 0 Å². The van der Waals surface area contributed by atoms with E-state index in [1.165, 1.54) is 12.8 Å². The summed E-state index contributed by atoms with van der Waals surface area (Å²) in [5, 5.41) is 3.06. The number of alkyl halides is 3. The zero-order chi connectivity index (χ0) is 12.2. The Morgan fingerprint density at radius 2 is 1.67 bits per heavy atom. The van der Waals surface area contributed by atoms with E-state index in [1.54, 1.807) is 0 Å². The number of carbonyl (C=O) groups is 2. The quantitative estimate of drug-likeness (QED) is 0.555. The number of hydrogen-bond acceptors (Lipinski definition) is 3. The predicted octanol–water partition coefficient (Wildman–Crippen LogP) is 1.71. The highest BCUT2D eigenvalue weighted by atomic mass is 19.4. The zero-order valence-corrected chi connectivity index (χ0v) is 8.64. The van der Waals surface area contributed by atoms with Crippen LogP contribution in [0.3, 0.4) is 0 Å². The number of aldehydes is 2. The minimum atomic E-state index is -4.64. The van der Waals surface area contributed by atoms with Crippen molar-refractivity contribution in [1.82, 2.24) is 5.32 Å². The summed E-state index contributed by atoms with van der Waals surface area (Å²) in [7, 11) is 1.94. The molecule has 0 spiro atoms. The number of unbranched alkanes of at least 4 members (excludes halogenated alkanes) is 3. The van der Waals surface area contributed by atoms with E-state index in [9.17, 15) is 18.0 Å². The van der Waals surface area contributed by atoms with Crippen LogP contribution in [0.5, 0.6) is 0 Å². The van der Waals surface area contributed by atoms with E-state index in [-0.39, 0.29) is 0 Å². The van der Waals surface area contributed by atoms with E-state index >= 15 is 0 Å². The molecule has 0 rings (SSSR count). The van der Waals surface area contributed by atoms with Gasteiger partial charge in [-0.1, -0.05) is 6.42 Å². The molecule has 0 saturated carbocycles. The van der Waals surface area contributed by atoms with Gasteiger partial charge in [0, 0.05) is 6.42 Å². The Labute approximate surface area is 87.0 Å². The average molecular weight is 227 g/mol. The van der Waals surface area contributed by atoms with Crippen molar-refractivity contribution in [3.8, 4) is 0 Å². The van der Waals surface area contributed by atoms with Crippen LogP contribution in [0.4, 0.5) is 13.2 Å². The van der Waals surface area contributed by atoms with Crippen molar-refractivity contribution in [2.75, 3.05) is 13.6 Å². The van der Waals surface area contributed by atoms with Gasteiger partial charge < -0.3 is 10.1 Å². The molecule has 0 unspecified atom stereocenters. The van der Waals surface area contributed by atoms with Gasteiger partial charge >= 0.3 is 6.18 Å². The maximum Gasteiger partial charge on any atom is 0.446 e. The van der Waals surface area contributed by atoms with Crippen molar-refractivity contribution in [2.45, 2.75) is 31.9 Å². The van der Waals surface area contributed by atoms with Gasteiger partial charge in [0.2, 0.25) is 6.29 Å². The third-order valence-electron chi connectivity index (χ3n) is 1.38. The van der Waals surface area contributed by atoms with Gasteiger partial charge in [-0.2, -0.15) is 13.2 Å². The summed E-state index contributed by atoms with van der Waals surface area (Å²) in [4.78, 5) is 18.5. The lowest BCUT2D eigenvalue weighted by molar-refractivity contribution is -0.156. The summed E-state index contributed by atoms with van der Waals surface area (Å²) in [6, 6.07) is 0. The summed E-state index contributed by atoms with van der Waals surface area (Å²) in [5.74, 6) is 0. The van der Waals surface area contributed by atoms with Crippen molar-refractivity contribution in [3.05, 3.63) is 0 Å². The van der Waals surface area contributed by atoms with E-state index in [4.69, 9.17) is 4.79 Å². The fourth-order valence-corrected chi connectivity index (χ4v) is 0.706. The molecular weight excluding hydrogens is 211 g/mol. The molecular formula is C9H16F3NO2. The molecule has 0 atom stereocenters. The Bertz CT molecular complexity index is 160. The minimum absolute atomic E-state index is 0.726. The molecule has 0 aliphatic heterocycles. The predicted molar refractivity (Wildman–Crippen MR) is 50.6 cm³/mol. The molecule has 0 aromatic rings. The molecule has 0 radical (unpaired) electrons. The monoisotopic (exact) mass is 227 g/mol. The van der Waals surface area contributed by atoms with Crippen LogP contribution in [-0.2, 0) is 9.59 Å². The van der Waals surface area contributed by atoms with E-state index < -0.39 is 12.5 Å². The van der Waals surface area contributed by atoms with E-state index in [0.717, 1.165) is 25.7 Å². The second-order valence-corrected chi connectivity index (χ2v) is 2.78. The Kier molecular flexibility index (Phi) is 12.3. The average Bonchev–Trinajstić information content (AvgIpc) is 2.18. The summed E-state index contributed by atoms with van der Waals surface area (Å²) in [5.41, 5.74) is 0. The molecule has 0 aromatic carbocycles. The second-order valence-electron chi connectivity index (χ2n) is 2.78. The molecule has 3 nitrogen and oxygen atoms in total. The van der Waals surface area contributed by atoms with Crippen molar-refractivity contribution >= 4 is 12.6 Å². The topological polar surface area (TPSA) is 46.2 Å². The van der Waals surface area contributed by atoms with Gasteiger partial charge in [-0.3, -0.25) is 4.79 Å². The molecule has 90 valence electrons. The van der Waals surface area contributed by atoms with Crippen molar-refractivity contribution < 1.29 is 22.8 Å². The first kappa shape index (κ1) is 16.5. The second kappa shape index (κ2) is 11.2. The molecule has 0 heterocycles. The minimum Gasteiger partial charge on any atom is -0.320 e. The van der Waals surface area contributed by atoms with Crippen LogP contribution < -0.4 is 5.32 Å². The molecule has 0 aromatic heterocycles. The maximum atomic E-state index is 10.4. The molecule has 0 bridgehead atoms. The van der Waals surface area contributed by atoms with Gasteiger partial charge in [-0.15, -0.1) is 0 Å². The van der Waals surface area contributed by atoms with Gasteiger partial charge in [-0.05, 0) is 26.4 Å². The standard InChI is InChI=1S/C7H15NO.C2HF3O/c1-8-6-4-2-3-5-7-9;3-2(4,5)1-6/h7-8H,2-6H2,1H3;1H. The smallest absolute Gasteiger partial charge is 0.320 e. The Morgan fingerprint density at radius 3 is 2.00 bits per heavy atom. The van der Waals surface area contributed by atoms with Crippen LogP contribution in [0.25, 0.3) is 0 Å². The third kappa shape index (κ3) is 24.6. The number of rotatable bonds is 6. The zero-order valence-electron chi connectivity index (χ0n) is 8.64. The molecule has 0 aliphatic rings. The summed E-state index contributed by atoms with van der Waals surface area (Å²) >= 11 is 0. The van der Waals surface area contributed by atoms with Gasteiger partial charge in [0.15, 0.2) is 0 Å². The largest absolute Gasteiger partial charge is 0.446 e. The number of hydrogen-bond donors (Lipinski definition) is 1. The normalized spacial score (nSPS) is 10.1. The highest BCUT2D eigenvalue weighted by Gasteiger charge is 2.24. The first-order valence-corrected chi connectivity index (χ1v) is 4.59. The van der Waals surface area contributed by atoms with Crippen LogP contribution in [0.1, 0.15) is 25.7 Å². The fourth-order valence-electron chi connectivity index (χ4n) is 0.706. The first-order chi connectivity index (χ1) is 6.97. The molecule has 6 heteroatoms. The van der Waals surface area contributed by atoms with Crippen LogP contribution in [0, 0.1) is 0 Å². The maximum absolute atomic E-state index is 10.4.